The van der Waals surface area contributed by atoms with Crippen LogP contribution in [0.5, 0.6) is 5.75 Å². The van der Waals surface area contributed by atoms with Crippen LogP contribution < -0.4 is 4.74 Å². The van der Waals surface area contributed by atoms with Gasteiger partial charge in [0.05, 0.1) is 30.4 Å². The van der Waals surface area contributed by atoms with E-state index in [0.29, 0.717) is 36.0 Å². The van der Waals surface area contributed by atoms with E-state index in [1.165, 1.54) is 0 Å². The molecule has 3 rings (SSSR count). The van der Waals surface area contributed by atoms with Crippen molar-refractivity contribution in [3.63, 3.8) is 0 Å². The maximum Gasteiger partial charge on any atom is 0.289 e. The number of amides is 1. The lowest BCUT2D eigenvalue weighted by Gasteiger charge is -2.36. The molecule has 1 amide bonds. The number of nitrogens with zero attached hydrogens (tertiary/aromatic N) is 2. The molecule has 2 aromatic rings. The summed E-state index contributed by atoms with van der Waals surface area (Å²) in [5, 5.41) is 8.78. The fraction of sp³-hybridized carbons (Fsp3) is 0.368. The SMILES string of the molecule is C[C@@H]1CN(C(=O)c2ccc(COc3ccc(C#N)cc3)o2)[C@H](C)CO1. The molecule has 1 aliphatic rings. The second kappa shape index (κ2) is 7.41. The molecule has 2 heterocycles. The van der Waals surface area contributed by atoms with Gasteiger partial charge in [0.2, 0.25) is 0 Å². The van der Waals surface area contributed by atoms with Gasteiger partial charge in [0.15, 0.2) is 5.76 Å². The van der Waals surface area contributed by atoms with Gasteiger partial charge in [-0.25, -0.2) is 0 Å². The van der Waals surface area contributed by atoms with Crippen LogP contribution in [-0.4, -0.2) is 36.1 Å². The number of nitriles is 1. The molecule has 25 heavy (non-hydrogen) atoms. The van der Waals surface area contributed by atoms with Crippen LogP contribution in [0.1, 0.15) is 35.7 Å². The summed E-state index contributed by atoms with van der Waals surface area (Å²) >= 11 is 0. The third-order valence-corrected chi connectivity index (χ3v) is 4.11. The first-order valence-corrected chi connectivity index (χ1v) is 8.21. The molecule has 0 radical (unpaired) electrons. The summed E-state index contributed by atoms with van der Waals surface area (Å²) in [6.07, 6.45) is 0.0225. The van der Waals surface area contributed by atoms with Gasteiger partial charge in [-0.2, -0.15) is 5.26 Å². The molecule has 0 aliphatic carbocycles. The van der Waals surface area contributed by atoms with Gasteiger partial charge < -0.3 is 18.8 Å². The average Bonchev–Trinajstić information content (AvgIpc) is 3.11. The average molecular weight is 340 g/mol. The Bertz CT molecular complexity index is 775. The van der Waals surface area contributed by atoms with Crippen LogP contribution in [-0.2, 0) is 11.3 Å². The third kappa shape index (κ3) is 4.01. The summed E-state index contributed by atoms with van der Waals surface area (Å²) in [5.74, 6) is 1.38. The molecule has 1 aliphatic heterocycles. The molecule has 1 aromatic carbocycles. The standard InChI is InChI=1S/C19H20N2O4/c1-13-11-23-14(2)10-21(13)19(22)18-8-7-17(25-18)12-24-16-5-3-15(9-20)4-6-16/h3-8,13-14H,10-12H2,1-2H3/t13-,14-/m1/s1. The number of hydrogen-bond donors (Lipinski definition) is 0. The summed E-state index contributed by atoms with van der Waals surface area (Å²) in [7, 11) is 0. The largest absolute Gasteiger partial charge is 0.486 e. The van der Waals surface area contributed by atoms with Crippen molar-refractivity contribution in [1.82, 2.24) is 4.90 Å². The monoisotopic (exact) mass is 340 g/mol. The summed E-state index contributed by atoms with van der Waals surface area (Å²) in [4.78, 5) is 14.4. The smallest absolute Gasteiger partial charge is 0.289 e. The highest BCUT2D eigenvalue weighted by molar-refractivity contribution is 5.91. The fourth-order valence-electron chi connectivity index (χ4n) is 2.68. The van der Waals surface area contributed by atoms with Gasteiger partial charge >= 0.3 is 0 Å². The molecule has 1 aromatic heterocycles. The van der Waals surface area contributed by atoms with Crippen LogP contribution in [0.4, 0.5) is 0 Å². The maximum absolute atomic E-state index is 12.6. The van der Waals surface area contributed by atoms with Gasteiger partial charge in [-0.15, -0.1) is 0 Å². The first-order chi connectivity index (χ1) is 12.1. The first-order valence-electron chi connectivity index (χ1n) is 8.21. The molecule has 0 spiro atoms. The normalized spacial score (nSPS) is 20.1. The van der Waals surface area contributed by atoms with Crippen molar-refractivity contribution in [2.24, 2.45) is 0 Å². The van der Waals surface area contributed by atoms with Crippen LogP contribution in [0.15, 0.2) is 40.8 Å². The molecular formula is C19H20N2O4. The topological polar surface area (TPSA) is 75.7 Å². The minimum absolute atomic E-state index is 0.0205. The molecule has 2 atom stereocenters. The zero-order chi connectivity index (χ0) is 17.8. The van der Waals surface area contributed by atoms with Crippen molar-refractivity contribution in [1.29, 1.82) is 5.26 Å². The van der Waals surface area contributed by atoms with Gasteiger partial charge in [-0.1, -0.05) is 0 Å². The minimum Gasteiger partial charge on any atom is -0.486 e. The fourth-order valence-corrected chi connectivity index (χ4v) is 2.68. The van der Waals surface area contributed by atoms with E-state index in [0.717, 1.165) is 0 Å². The highest BCUT2D eigenvalue weighted by Crippen LogP contribution is 2.19. The Morgan fingerprint density at radius 1 is 1.28 bits per heavy atom. The van der Waals surface area contributed by atoms with Crippen LogP contribution in [0.2, 0.25) is 0 Å². The van der Waals surface area contributed by atoms with Gasteiger partial charge in [-0.3, -0.25) is 4.79 Å². The third-order valence-electron chi connectivity index (χ3n) is 4.11. The molecule has 1 saturated heterocycles. The van der Waals surface area contributed by atoms with Gasteiger partial charge in [0.25, 0.3) is 5.91 Å². The van der Waals surface area contributed by atoms with E-state index in [2.05, 4.69) is 6.07 Å². The lowest BCUT2D eigenvalue weighted by Crippen LogP contribution is -2.50. The van der Waals surface area contributed by atoms with E-state index >= 15 is 0 Å². The van der Waals surface area contributed by atoms with Crippen LogP contribution in [0.25, 0.3) is 0 Å². The summed E-state index contributed by atoms with van der Waals surface area (Å²) in [6, 6.07) is 12.3. The molecule has 0 N–H and O–H groups in total. The van der Waals surface area contributed by atoms with Crippen LogP contribution in [0.3, 0.4) is 0 Å². The zero-order valence-electron chi connectivity index (χ0n) is 14.3. The highest BCUT2D eigenvalue weighted by Gasteiger charge is 2.29. The summed E-state index contributed by atoms with van der Waals surface area (Å²) in [6.45, 7) is 5.21. The van der Waals surface area contributed by atoms with Crippen molar-refractivity contribution >= 4 is 5.91 Å². The van der Waals surface area contributed by atoms with Crippen LogP contribution >= 0.6 is 0 Å². The molecule has 0 unspecified atom stereocenters. The van der Waals surface area contributed by atoms with Gasteiger partial charge in [-0.05, 0) is 50.2 Å². The molecular weight excluding hydrogens is 320 g/mol. The molecule has 0 saturated carbocycles. The zero-order valence-corrected chi connectivity index (χ0v) is 14.3. The van der Waals surface area contributed by atoms with Crippen molar-refractivity contribution in [2.45, 2.75) is 32.6 Å². The Balaban J connectivity index is 1.61. The molecule has 6 heteroatoms. The molecule has 1 fully saturated rings. The van der Waals surface area contributed by atoms with Crippen molar-refractivity contribution in [2.75, 3.05) is 13.2 Å². The number of rotatable bonds is 4. The quantitative estimate of drug-likeness (QED) is 0.855. The second-order valence-electron chi connectivity index (χ2n) is 6.14. The summed E-state index contributed by atoms with van der Waals surface area (Å²) in [5.41, 5.74) is 0.576. The van der Waals surface area contributed by atoms with Crippen molar-refractivity contribution in [3.8, 4) is 11.8 Å². The Hall–Kier alpha value is -2.78. The molecule has 6 nitrogen and oxygen atoms in total. The Kier molecular flexibility index (Phi) is 5.05. The van der Waals surface area contributed by atoms with E-state index in [-0.39, 0.29) is 24.7 Å². The number of benzene rings is 1. The maximum atomic E-state index is 12.6. The number of carbonyl (C=O) groups is 1. The van der Waals surface area contributed by atoms with E-state index in [1.54, 1.807) is 41.3 Å². The molecule has 0 bridgehead atoms. The van der Waals surface area contributed by atoms with E-state index < -0.39 is 0 Å². The second-order valence-corrected chi connectivity index (χ2v) is 6.14. The lowest BCUT2D eigenvalue weighted by atomic mass is 10.2. The minimum atomic E-state index is -0.132. The Labute approximate surface area is 146 Å². The van der Waals surface area contributed by atoms with Gasteiger partial charge in [0.1, 0.15) is 18.1 Å². The van der Waals surface area contributed by atoms with Crippen molar-refractivity contribution in [3.05, 3.63) is 53.5 Å². The van der Waals surface area contributed by atoms with Crippen LogP contribution in [0, 0.1) is 11.3 Å². The highest BCUT2D eigenvalue weighted by atomic mass is 16.5. The predicted molar refractivity (Wildman–Crippen MR) is 90.1 cm³/mol. The first kappa shape index (κ1) is 17.1. The predicted octanol–water partition coefficient (Wildman–Crippen LogP) is 2.98. The summed E-state index contributed by atoms with van der Waals surface area (Å²) < 4.78 is 16.8. The van der Waals surface area contributed by atoms with Gasteiger partial charge in [0, 0.05) is 6.54 Å². The Morgan fingerprint density at radius 2 is 2.04 bits per heavy atom. The van der Waals surface area contributed by atoms with E-state index in [9.17, 15) is 4.79 Å². The Morgan fingerprint density at radius 3 is 2.76 bits per heavy atom. The number of carbonyl (C=O) groups excluding carboxylic acids is 1. The number of ether oxygens (including phenoxy) is 2. The van der Waals surface area contributed by atoms with E-state index in [1.807, 2.05) is 13.8 Å². The molecule has 130 valence electrons. The number of furan rings is 1. The number of hydrogen-bond acceptors (Lipinski definition) is 5. The lowest BCUT2D eigenvalue weighted by molar-refractivity contribution is -0.0397. The number of morpholine rings is 1. The van der Waals surface area contributed by atoms with Crippen molar-refractivity contribution < 1.29 is 18.7 Å². The van der Waals surface area contributed by atoms with E-state index in [4.69, 9.17) is 19.2 Å².